The Morgan fingerprint density at radius 1 is 1.12 bits per heavy atom. The van der Waals surface area contributed by atoms with Crippen LogP contribution in [0.5, 0.6) is 0 Å². The molecule has 88 valence electrons. The second-order valence-corrected chi connectivity index (χ2v) is 4.92. The summed E-state index contributed by atoms with van der Waals surface area (Å²) in [6, 6.07) is 12.1. The van der Waals surface area contributed by atoms with Crippen molar-refractivity contribution in [3.05, 3.63) is 52.6 Å². The summed E-state index contributed by atoms with van der Waals surface area (Å²) < 4.78 is 0.973. The first-order chi connectivity index (χ1) is 8.28. The molecule has 0 spiro atoms. The zero-order valence-electron chi connectivity index (χ0n) is 9.16. The number of benzene rings is 1. The van der Waals surface area contributed by atoms with Gasteiger partial charge in [-0.25, -0.2) is 4.98 Å². The van der Waals surface area contributed by atoms with Crippen molar-refractivity contribution < 1.29 is 0 Å². The fourth-order valence-electron chi connectivity index (χ4n) is 1.46. The van der Waals surface area contributed by atoms with Crippen LogP contribution in [0.25, 0.3) is 0 Å². The molecule has 2 rings (SSSR count). The highest BCUT2D eigenvalue weighted by atomic mass is 79.9. The summed E-state index contributed by atoms with van der Waals surface area (Å²) in [7, 11) is 0. The van der Waals surface area contributed by atoms with Crippen LogP contribution in [0.2, 0.25) is 0 Å². The summed E-state index contributed by atoms with van der Waals surface area (Å²) in [4.78, 5) is 4.25. The fourth-order valence-corrected chi connectivity index (χ4v) is 1.91. The van der Waals surface area contributed by atoms with Gasteiger partial charge in [0.25, 0.3) is 0 Å². The normalized spacial score (nSPS) is 10.2. The van der Waals surface area contributed by atoms with Crippen LogP contribution in [0, 0.1) is 0 Å². The van der Waals surface area contributed by atoms with Gasteiger partial charge in [0.1, 0.15) is 5.82 Å². The van der Waals surface area contributed by atoms with Crippen LogP contribution in [0.4, 0.5) is 11.5 Å². The van der Waals surface area contributed by atoms with E-state index in [9.17, 15) is 0 Å². The maximum Gasteiger partial charge on any atom is 0.130 e. The molecule has 0 saturated heterocycles. The molecule has 1 N–H and O–H groups in total. The molecule has 0 radical (unpaired) electrons. The third-order valence-electron chi connectivity index (χ3n) is 2.34. The number of rotatable bonds is 4. The zero-order chi connectivity index (χ0) is 12.1. The van der Waals surface area contributed by atoms with Gasteiger partial charge in [-0.05, 0) is 52.2 Å². The standard InChI is InChI=1S/C13H12BrClN2/c14-11-3-6-13(16-9-11)17-12-4-1-10(2-5-12)7-8-15/h1-6,9H,7-8H2,(H,16,17). The number of nitrogens with zero attached hydrogens (tertiary/aromatic N) is 1. The molecule has 0 amide bonds. The molecule has 2 aromatic rings. The molecule has 1 heterocycles. The lowest BCUT2D eigenvalue weighted by atomic mass is 10.1. The van der Waals surface area contributed by atoms with E-state index in [1.165, 1.54) is 5.56 Å². The van der Waals surface area contributed by atoms with Crippen LogP contribution in [-0.4, -0.2) is 10.9 Å². The highest BCUT2D eigenvalue weighted by Crippen LogP contribution is 2.17. The van der Waals surface area contributed by atoms with E-state index in [-0.39, 0.29) is 0 Å². The molecule has 0 aliphatic rings. The van der Waals surface area contributed by atoms with Crippen LogP contribution in [-0.2, 0) is 6.42 Å². The van der Waals surface area contributed by atoms with Gasteiger partial charge in [0.05, 0.1) is 0 Å². The molecule has 0 saturated carbocycles. The second kappa shape index (κ2) is 6.03. The Labute approximate surface area is 114 Å². The average Bonchev–Trinajstić information content (AvgIpc) is 2.35. The lowest BCUT2D eigenvalue weighted by molar-refractivity contribution is 1.15. The highest BCUT2D eigenvalue weighted by molar-refractivity contribution is 9.10. The molecule has 0 fully saturated rings. The lowest BCUT2D eigenvalue weighted by Gasteiger charge is -2.06. The SMILES string of the molecule is ClCCc1ccc(Nc2ccc(Br)cn2)cc1. The summed E-state index contributed by atoms with van der Waals surface area (Å²) in [5, 5.41) is 3.24. The van der Waals surface area contributed by atoms with Gasteiger partial charge in [-0.3, -0.25) is 0 Å². The van der Waals surface area contributed by atoms with Gasteiger partial charge in [0.15, 0.2) is 0 Å². The van der Waals surface area contributed by atoms with E-state index < -0.39 is 0 Å². The minimum atomic E-state index is 0.654. The minimum absolute atomic E-state index is 0.654. The monoisotopic (exact) mass is 310 g/mol. The third-order valence-corrected chi connectivity index (χ3v) is 2.99. The van der Waals surface area contributed by atoms with E-state index in [2.05, 4.69) is 38.4 Å². The molecule has 0 aliphatic carbocycles. The van der Waals surface area contributed by atoms with Gasteiger partial charge in [0.2, 0.25) is 0 Å². The number of anilines is 2. The summed E-state index contributed by atoms with van der Waals surface area (Å²) in [5.74, 6) is 1.49. The number of alkyl halides is 1. The topological polar surface area (TPSA) is 24.9 Å². The second-order valence-electron chi connectivity index (χ2n) is 3.62. The van der Waals surface area contributed by atoms with E-state index in [0.29, 0.717) is 5.88 Å². The van der Waals surface area contributed by atoms with Crippen LogP contribution in [0.15, 0.2) is 47.1 Å². The Morgan fingerprint density at radius 3 is 2.47 bits per heavy atom. The molecule has 1 aromatic heterocycles. The van der Waals surface area contributed by atoms with Crippen LogP contribution in [0.1, 0.15) is 5.56 Å². The van der Waals surface area contributed by atoms with E-state index in [1.54, 1.807) is 6.20 Å². The number of hydrogen-bond acceptors (Lipinski definition) is 2. The van der Waals surface area contributed by atoms with Crippen molar-refractivity contribution in [3.8, 4) is 0 Å². The molecule has 0 aliphatic heterocycles. The van der Waals surface area contributed by atoms with Gasteiger partial charge in [0, 0.05) is 22.2 Å². The molecule has 0 bridgehead atoms. The van der Waals surface area contributed by atoms with Crippen LogP contribution in [0.3, 0.4) is 0 Å². The summed E-state index contributed by atoms with van der Waals surface area (Å²) >= 11 is 9.05. The average molecular weight is 312 g/mol. The number of nitrogens with one attached hydrogen (secondary N) is 1. The summed E-state index contributed by atoms with van der Waals surface area (Å²) in [5.41, 5.74) is 2.27. The Morgan fingerprint density at radius 2 is 1.88 bits per heavy atom. The Balaban J connectivity index is 2.05. The summed E-state index contributed by atoms with van der Waals surface area (Å²) in [6.45, 7) is 0. The van der Waals surface area contributed by atoms with Crippen LogP contribution < -0.4 is 5.32 Å². The molecular formula is C13H12BrClN2. The van der Waals surface area contributed by atoms with Crippen molar-refractivity contribution >= 4 is 39.0 Å². The number of halogens is 2. The number of pyridine rings is 1. The number of aromatic nitrogens is 1. The Kier molecular flexibility index (Phi) is 4.40. The van der Waals surface area contributed by atoms with Crippen molar-refractivity contribution in [2.75, 3.05) is 11.2 Å². The minimum Gasteiger partial charge on any atom is -0.340 e. The van der Waals surface area contributed by atoms with E-state index in [0.717, 1.165) is 22.4 Å². The Bertz CT molecular complexity index is 468. The Hall–Kier alpha value is -1.06. The predicted octanol–water partition coefficient (Wildman–Crippen LogP) is 4.37. The zero-order valence-corrected chi connectivity index (χ0v) is 11.5. The van der Waals surface area contributed by atoms with Crippen molar-refractivity contribution in [1.29, 1.82) is 0 Å². The van der Waals surface area contributed by atoms with Crippen LogP contribution >= 0.6 is 27.5 Å². The first kappa shape index (κ1) is 12.4. The maximum atomic E-state index is 5.69. The van der Waals surface area contributed by atoms with E-state index >= 15 is 0 Å². The molecule has 0 atom stereocenters. The first-order valence-corrected chi connectivity index (χ1v) is 6.64. The van der Waals surface area contributed by atoms with Gasteiger partial charge < -0.3 is 5.32 Å². The fraction of sp³-hybridized carbons (Fsp3) is 0.154. The molecule has 1 aromatic carbocycles. The lowest BCUT2D eigenvalue weighted by Crippen LogP contribution is -1.93. The van der Waals surface area contributed by atoms with Crippen molar-refractivity contribution in [2.45, 2.75) is 6.42 Å². The quantitative estimate of drug-likeness (QED) is 0.848. The smallest absolute Gasteiger partial charge is 0.130 e. The largest absolute Gasteiger partial charge is 0.340 e. The van der Waals surface area contributed by atoms with Gasteiger partial charge in [-0.1, -0.05) is 12.1 Å². The van der Waals surface area contributed by atoms with E-state index in [4.69, 9.17) is 11.6 Å². The molecule has 0 unspecified atom stereocenters. The maximum absolute atomic E-state index is 5.69. The van der Waals surface area contributed by atoms with Crippen molar-refractivity contribution in [3.63, 3.8) is 0 Å². The molecule has 2 nitrogen and oxygen atoms in total. The van der Waals surface area contributed by atoms with Gasteiger partial charge in [-0.2, -0.15) is 0 Å². The van der Waals surface area contributed by atoms with Crippen molar-refractivity contribution in [2.24, 2.45) is 0 Å². The third kappa shape index (κ3) is 3.72. The van der Waals surface area contributed by atoms with Gasteiger partial charge >= 0.3 is 0 Å². The van der Waals surface area contributed by atoms with Crippen molar-refractivity contribution in [1.82, 2.24) is 4.98 Å². The highest BCUT2D eigenvalue weighted by Gasteiger charge is 1.97. The van der Waals surface area contributed by atoms with E-state index in [1.807, 2.05) is 24.3 Å². The predicted molar refractivity (Wildman–Crippen MR) is 76.1 cm³/mol. The number of hydrogen-bond donors (Lipinski definition) is 1. The van der Waals surface area contributed by atoms with Gasteiger partial charge in [-0.15, -0.1) is 11.6 Å². The first-order valence-electron chi connectivity index (χ1n) is 5.31. The number of aryl methyl sites for hydroxylation is 1. The molecule has 17 heavy (non-hydrogen) atoms. The molecular weight excluding hydrogens is 300 g/mol. The molecule has 4 heteroatoms. The summed E-state index contributed by atoms with van der Waals surface area (Å²) in [6.07, 6.45) is 2.67.